The molecule has 0 spiro atoms. The fourth-order valence-electron chi connectivity index (χ4n) is 1.75. The van der Waals surface area contributed by atoms with Crippen LogP contribution in [0.5, 0.6) is 0 Å². The number of anilines is 1. The van der Waals surface area contributed by atoms with Gasteiger partial charge >= 0.3 is 7.60 Å². The van der Waals surface area contributed by atoms with Gasteiger partial charge in [-0.15, -0.1) is 0 Å². The first-order valence-electron chi connectivity index (χ1n) is 6.67. The third-order valence-corrected chi connectivity index (χ3v) is 3.82. The van der Waals surface area contributed by atoms with Crippen molar-refractivity contribution in [1.29, 1.82) is 0 Å². The van der Waals surface area contributed by atoms with Gasteiger partial charge in [-0.1, -0.05) is 6.92 Å². The van der Waals surface area contributed by atoms with Crippen LogP contribution in [0.25, 0.3) is 11.2 Å². The van der Waals surface area contributed by atoms with Crippen molar-refractivity contribution in [2.24, 2.45) is 0 Å². The zero-order valence-electron chi connectivity index (χ0n) is 12.1. The molecule has 2 rings (SSSR count). The lowest BCUT2D eigenvalue weighted by atomic mass is 10.5. The number of hydrogen-bond acceptors (Lipinski definition) is 7. The molecule has 0 aromatic carbocycles. The van der Waals surface area contributed by atoms with E-state index in [9.17, 15) is 14.3 Å². The zero-order valence-corrected chi connectivity index (χ0v) is 13.0. The van der Waals surface area contributed by atoms with Crippen molar-refractivity contribution in [3.63, 3.8) is 0 Å². The fourth-order valence-corrected chi connectivity index (χ4v) is 2.65. The first-order chi connectivity index (χ1) is 10.4. The fraction of sp³-hybridized carbons (Fsp3) is 0.545. The van der Waals surface area contributed by atoms with Crippen LogP contribution in [0.2, 0.25) is 0 Å². The summed E-state index contributed by atoms with van der Waals surface area (Å²) in [5, 5.41) is 0. The highest BCUT2D eigenvalue weighted by molar-refractivity contribution is 7.52. The van der Waals surface area contributed by atoms with Gasteiger partial charge in [0.1, 0.15) is 6.35 Å². The normalized spacial score (nSPS) is 14.3. The molecule has 0 aliphatic heterocycles. The Kier molecular flexibility index (Phi) is 5.30. The molecule has 0 fully saturated rings. The second-order valence-corrected chi connectivity index (χ2v) is 6.36. The topological polar surface area (TPSA) is 145 Å². The standard InChI is InChI=1S/C11H18N5O5P/c1-2-4-21-22(18,19)7-20-5-3-16-6-13-8-9(16)14-11(12)15-10(8)17/h6H,2-5,7H2,1H3,(H,18,19)(H3,12,14,15,17). The number of hydrogen-bond donors (Lipinski definition) is 3. The van der Waals surface area contributed by atoms with E-state index in [1.54, 1.807) is 4.57 Å². The van der Waals surface area contributed by atoms with E-state index >= 15 is 0 Å². The lowest BCUT2D eigenvalue weighted by molar-refractivity contribution is 0.138. The van der Waals surface area contributed by atoms with Crippen molar-refractivity contribution in [2.45, 2.75) is 19.9 Å². The summed E-state index contributed by atoms with van der Waals surface area (Å²) >= 11 is 0. The van der Waals surface area contributed by atoms with Crippen LogP contribution in [-0.2, 0) is 20.4 Å². The minimum atomic E-state index is -3.72. The van der Waals surface area contributed by atoms with Crippen molar-refractivity contribution < 1.29 is 18.7 Å². The van der Waals surface area contributed by atoms with Crippen LogP contribution < -0.4 is 11.3 Å². The van der Waals surface area contributed by atoms with Crippen molar-refractivity contribution in [3.8, 4) is 0 Å². The molecule has 2 heterocycles. The number of H-pyrrole nitrogens is 1. The van der Waals surface area contributed by atoms with E-state index in [0.29, 0.717) is 18.6 Å². The highest BCUT2D eigenvalue weighted by Gasteiger charge is 2.19. The Morgan fingerprint density at radius 2 is 2.27 bits per heavy atom. The number of aromatic nitrogens is 4. The number of nitrogens with two attached hydrogens (primary N) is 1. The molecule has 0 aliphatic carbocycles. The first kappa shape index (κ1) is 16.6. The summed E-state index contributed by atoms with van der Waals surface area (Å²) in [6, 6.07) is 0. The second-order valence-electron chi connectivity index (χ2n) is 4.57. The molecular weight excluding hydrogens is 313 g/mol. The summed E-state index contributed by atoms with van der Waals surface area (Å²) in [6.07, 6.45) is 1.69. The zero-order chi connectivity index (χ0) is 16.2. The molecule has 4 N–H and O–H groups in total. The minimum Gasteiger partial charge on any atom is -0.369 e. The average Bonchev–Trinajstić information content (AvgIpc) is 2.85. The lowest BCUT2D eigenvalue weighted by Gasteiger charge is -2.12. The van der Waals surface area contributed by atoms with Gasteiger partial charge in [-0.25, -0.2) is 4.98 Å². The van der Waals surface area contributed by atoms with Crippen LogP contribution in [0.15, 0.2) is 11.1 Å². The maximum atomic E-state index is 11.6. The largest absolute Gasteiger partial charge is 0.369 e. The number of ether oxygens (including phenoxy) is 1. The average molecular weight is 331 g/mol. The molecule has 22 heavy (non-hydrogen) atoms. The summed E-state index contributed by atoms with van der Waals surface area (Å²) in [7, 11) is -3.72. The predicted molar refractivity (Wildman–Crippen MR) is 79.4 cm³/mol. The molecule has 0 bridgehead atoms. The van der Waals surface area contributed by atoms with Gasteiger partial charge in [0.2, 0.25) is 5.95 Å². The molecule has 1 atom stereocenters. The minimum absolute atomic E-state index is 0.00649. The molecule has 10 nitrogen and oxygen atoms in total. The van der Waals surface area contributed by atoms with Gasteiger partial charge in [0, 0.05) is 6.54 Å². The van der Waals surface area contributed by atoms with Crippen molar-refractivity contribution in [2.75, 3.05) is 25.3 Å². The molecule has 11 heteroatoms. The number of nitrogens with zero attached hydrogens (tertiary/aromatic N) is 3. The molecule has 2 aromatic heterocycles. The summed E-state index contributed by atoms with van der Waals surface area (Å²) in [5.41, 5.74) is 5.57. The number of imidazole rings is 1. The van der Waals surface area contributed by atoms with Crippen molar-refractivity contribution in [3.05, 3.63) is 16.7 Å². The van der Waals surface area contributed by atoms with E-state index in [1.807, 2.05) is 6.92 Å². The number of nitrogen functional groups attached to an aromatic ring is 1. The second kappa shape index (κ2) is 7.01. The number of fused-ring (bicyclic) bond motifs is 1. The number of aromatic amines is 1. The Bertz CT molecular complexity index is 742. The summed E-state index contributed by atoms with van der Waals surface area (Å²) in [5.74, 6) is -0.00649. The molecular formula is C11H18N5O5P. The summed E-state index contributed by atoms with van der Waals surface area (Å²) in [4.78, 5) is 31.4. The molecule has 122 valence electrons. The van der Waals surface area contributed by atoms with Gasteiger partial charge in [0.25, 0.3) is 5.56 Å². The van der Waals surface area contributed by atoms with E-state index in [0.717, 1.165) is 0 Å². The molecule has 0 amide bonds. The van der Waals surface area contributed by atoms with Crippen molar-refractivity contribution >= 4 is 24.7 Å². The third-order valence-electron chi connectivity index (χ3n) is 2.72. The van der Waals surface area contributed by atoms with E-state index in [1.165, 1.54) is 6.33 Å². The monoisotopic (exact) mass is 331 g/mol. The summed E-state index contributed by atoms with van der Waals surface area (Å²) < 4.78 is 23.1. The maximum absolute atomic E-state index is 11.6. The summed E-state index contributed by atoms with van der Waals surface area (Å²) in [6.45, 7) is 2.49. The Morgan fingerprint density at radius 3 is 3.00 bits per heavy atom. The lowest BCUT2D eigenvalue weighted by Crippen LogP contribution is -2.13. The van der Waals surface area contributed by atoms with Crippen LogP contribution in [-0.4, -0.2) is 44.0 Å². The Balaban J connectivity index is 1.93. The predicted octanol–water partition coefficient (Wildman–Crippen LogP) is 0.288. The highest BCUT2D eigenvalue weighted by atomic mass is 31.2. The van der Waals surface area contributed by atoms with E-state index in [2.05, 4.69) is 15.0 Å². The Labute approximate surface area is 125 Å². The molecule has 0 aliphatic rings. The van der Waals surface area contributed by atoms with E-state index < -0.39 is 19.5 Å². The van der Waals surface area contributed by atoms with E-state index in [4.69, 9.17) is 15.0 Å². The SMILES string of the molecule is CCCOP(=O)(O)COCCn1cnc2c(=O)[nH]c(N)nc21. The Hall–Kier alpha value is -1.74. The van der Waals surface area contributed by atoms with E-state index in [-0.39, 0.29) is 24.7 Å². The highest BCUT2D eigenvalue weighted by Crippen LogP contribution is 2.41. The van der Waals surface area contributed by atoms with Gasteiger partial charge in [0.15, 0.2) is 11.2 Å². The van der Waals surface area contributed by atoms with Gasteiger partial charge in [-0.2, -0.15) is 4.98 Å². The Morgan fingerprint density at radius 1 is 1.50 bits per heavy atom. The molecule has 0 radical (unpaired) electrons. The maximum Gasteiger partial charge on any atom is 0.353 e. The first-order valence-corrected chi connectivity index (χ1v) is 8.44. The smallest absolute Gasteiger partial charge is 0.353 e. The number of nitrogens with one attached hydrogen (secondary N) is 1. The third kappa shape index (κ3) is 4.14. The van der Waals surface area contributed by atoms with Gasteiger partial charge < -0.3 is 24.5 Å². The van der Waals surface area contributed by atoms with Gasteiger partial charge in [-0.05, 0) is 6.42 Å². The number of rotatable bonds is 8. The van der Waals surface area contributed by atoms with Gasteiger partial charge in [-0.3, -0.25) is 14.3 Å². The molecule has 0 saturated carbocycles. The quantitative estimate of drug-likeness (QED) is 0.462. The van der Waals surface area contributed by atoms with Gasteiger partial charge in [0.05, 0.1) is 19.5 Å². The van der Waals surface area contributed by atoms with Crippen LogP contribution in [0.4, 0.5) is 5.95 Å². The van der Waals surface area contributed by atoms with Crippen LogP contribution >= 0.6 is 7.60 Å². The van der Waals surface area contributed by atoms with Crippen LogP contribution in [0, 0.1) is 0 Å². The molecule has 0 saturated heterocycles. The molecule has 1 unspecified atom stereocenters. The van der Waals surface area contributed by atoms with Crippen molar-refractivity contribution in [1.82, 2.24) is 19.5 Å². The molecule has 2 aromatic rings. The van der Waals surface area contributed by atoms with Crippen LogP contribution in [0.3, 0.4) is 0 Å². The van der Waals surface area contributed by atoms with Crippen LogP contribution in [0.1, 0.15) is 13.3 Å².